The van der Waals surface area contributed by atoms with E-state index in [9.17, 15) is 9.90 Å². The number of benzene rings is 2. The lowest BCUT2D eigenvalue weighted by Gasteiger charge is -2.29. The smallest absolute Gasteiger partial charge is 0.337 e. The van der Waals surface area contributed by atoms with E-state index in [2.05, 4.69) is 10.3 Å². The maximum absolute atomic E-state index is 11.9. The quantitative estimate of drug-likeness (QED) is 0.286. The van der Waals surface area contributed by atoms with E-state index < -0.39 is 5.97 Å². The van der Waals surface area contributed by atoms with Gasteiger partial charge in [-0.05, 0) is 78.9 Å². The number of anilines is 1. The summed E-state index contributed by atoms with van der Waals surface area (Å²) in [6, 6.07) is 21.0. The number of aromatic hydroxyl groups is 1. The highest BCUT2D eigenvalue weighted by Crippen LogP contribution is 2.45. The van der Waals surface area contributed by atoms with E-state index in [1.54, 1.807) is 36.5 Å². The second-order valence-corrected chi connectivity index (χ2v) is 8.79. The molecule has 0 unspecified atom stereocenters. The van der Waals surface area contributed by atoms with Crippen molar-refractivity contribution in [3.63, 3.8) is 0 Å². The lowest BCUT2D eigenvalue weighted by atomic mass is 10.0. The van der Waals surface area contributed by atoms with Gasteiger partial charge in [0.25, 0.3) is 0 Å². The molecule has 0 radical (unpaired) electrons. The SMILES string of the molecule is COC(=O)c1ccc(-n2cccc2[C@H]2[C@@H](c3ccccn3)NC(=S)N2c2cc(Cl)ccc2O)cc1. The molecule has 0 aliphatic carbocycles. The number of ether oxygens (including phenoxy) is 1. The zero-order valence-electron chi connectivity index (χ0n) is 18.6. The highest BCUT2D eigenvalue weighted by atomic mass is 35.5. The topological polar surface area (TPSA) is 79.6 Å². The Balaban J connectivity index is 1.64. The van der Waals surface area contributed by atoms with Crippen LogP contribution in [0.15, 0.2) is 85.2 Å². The molecule has 5 rings (SSSR count). The largest absolute Gasteiger partial charge is 0.506 e. The molecular weight excluding hydrogens is 484 g/mol. The van der Waals surface area contributed by atoms with Crippen LogP contribution in [0.2, 0.25) is 5.02 Å². The molecule has 2 atom stereocenters. The zero-order valence-corrected chi connectivity index (χ0v) is 20.2. The number of hydrogen-bond acceptors (Lipinski definition) is 5. The van der Waals surface area contributed by atoms with Gasteiger partial charge in [0.1, 0.15) is 11.8 Å². The third-order valence-corrected chi connectivity index (χ3v) is 6.49. The molecule has 1 aliphatic rings. The third kappa shape index (κ3) is 4.22. The number of nitrogens with zero attached hydrogens (tertiary/aromatic N) is 3. The molecule has 2 N–H and O–H groups in total. The lowest BCUT2D eigenvalue weighted by Crippen LogP contribution is -2.30. The van der Waals surface area contributed by atoms with Gasteiger partial charge in [-0.25, -0.2) is 4.79 Å². The van der Waals surface area contributed by atoms with Crippen LogP contribution in [0.1, 0.15) is 33.8 Å². The van der Waals surface area contributed by atoms with Crippen molar-refractivity contribution in [2.75, 3.05) is 12.0 Å². The predicted molar refractivity (Wildman–Crippen MR) is 138 cm³/mol. The van der Waals surface area contributed by atoms with Crippen LogP contribution in [-0.4, -0.2) is 32.8 Å². The van der Waals surface area contributed by atoms with E-state index in [4.69, 9.17) is 28.6 Å². The van der Waals surface area contributed by atoms with Crippen molar-refractivity contribution in [1.82, 2.24) is 14.9 Å². The van der Waals surface area contributed by atoms with E-state index in [-0.39, 0.29) is 17.8 Å². The van der Waals surface area contributed by atoms with E-state index in [0.29, 0.717) is 21.4 Å². The van der Waals surface area contributed by atoms with Crippen molar-refractivity contribution in [2.45, 2.75) is 12.1 Å². The van der Waals surface area contributed by atoms with Crippen molar-refractivity contribution in [2.24, 2.45) is 0 Å². The number of methoxy groups -OCH3 is 1. The number of aromatic nitrogens is 2. The van der Waals surface area contributed by atoms with Crippen LogP contribution in [0.5, 0.6) is 5.75 Å². The van der Waals surface area contributed by atoms with Gasteiger partial charge in [0.05, 0.1) is 30.1 Å². The van der Waals surface area contributed by atoms with Gasteiger partial charge in [-0.1, -0.05) is 17.7 Å². The maximum Gasteiger partial charge on any atom is 0.337 e. The second-order valence-electron chi connectivity index (χ2n) is 7.97. The fraction of sp³-hybridized carbons (Fsp3) is 0.115. The van der Waals surface area contributed by atoms with Gasteiger partial charge in [0.2, 0.25) is 0 Å². The normalized spacial score (nSPS) is 17.3. The number of hydrogen-bond donors (Lipinski definition) is 2. The van der Waals surface area contributed by atoms with E-state index in [1.807, 2.05) is 58.1 Å². The number of halogens is 1. The monoisotopic (exact) mass is 504 g/mol. The van der Waals surface area contributed by atoms with Gasteiger partial charge in [-0.3, -0.25) is 4.98 Å². The van der Waals surface area contributed by atoms with Crippen LogP contribution in [0.3, 0.4) is 0 Å². The Morgan fingerprint density at radius 1 is 1.11 bits per heavy atom. The third-order valence-electron chi connectivity index (χ3n) is 5.94. The Morgan fingerprint density at radius 3 is 2.63 bits per heavy atom. The number of phenolic OH excluding ortho intramolecular Hbond substituents is 1. The zero-order chi connectivity index (χ0) is 24.5. The number of nitrogens with one attached hydrogen (secondary N) is 1. The molecule has 0 saturated carbocycles. The minimum atomic E-state index is -0.396. The molecule has 35 heavy (non-hydrogen) atoms. The number of thiocarbonyl (C=S) groups is 1. The molecule has 0 amide bonds. The molecule has 3 heterocycles. The van der Waals surface area contributed by atoms with Crippen LogP contribution < -0.4 is 10.2 Å². The summed E-state index contributed by atoms with van der Waals surface area (Å²) in [6.45, 7) is 0. The molecule has 176 valence electrons. The maximum atomic E-state index is 11.9. The van der Waals surface area contributed by atoms with Crippen molar-refractivity contribution >= 4 is 40.6 Å². The summed E-state index contributed by atoms with van der Waals surface area (Å²) in [5, 5.41) is 15.0. The number of esters is 1. The molecular formula is C26H21ClN4O3S. The van der Waals surface area contributed by atoms with Gasteiger partial charge < -0.3 is 24.6 Å². The molecule has 1 saturated heterocycles. The summed E-state index contributed by atoms with van der Waals surface area (Å²) in [5.74, 6) is -0.335. The number of phenols is 1. The average Bonchev–Trinajstić information content (AvgIpc) is 3.50. The highest BCUT2D eigenvalue weighted by molar-refractivity contribution is 7.80. The summed E-state index contributed by atoms with van der Waals surface area (Å²) in [7, 11) is 1.36. The number of carbonyl (C=O) groups is 1. The van der Waals surface area contributed by atoms with Crippen LogP contribution >= 0.6 is 23.8 Å². The summed E-state index contributed by atoms with van der Waals surface area (Å²) < 4.78 is 6.83. The Morgan fingerprint density at radius 2 is 1.91 bits per heavy atom. The van der Waals surface area contributed by atoms with Gasteiger partial charge in [0, 0.05) is 28.8 Å². The van der Waals surface area contributed by atoms with Gasteiger partial charge >= 0.3 is 5.97 Å². The van der Waals surface area contributed by atoms with Crippen molar-refractivity contribution < 1.29 is 14.6 Å². The van der Waals surface area contributed by atoms with Crippen molar-refractivity contribution in [3.05, 3.63) is 107 Å². The van der Waals surface area contributed by atoms with Crippen LogP contribution in [0.4, 0.5) is 5.69 Å². The molecule has 9 heteroatoms. The van der Waals surface area contributed by atoms with Crippen LogP contribution in [-0.2, 0) is 4.74 Å². The first-order valence-corrected chi connectivity index (χ1v) is 11.6. The van der Waals surface area contributed by atoms with Gasteiger partial charge in [-0.15, -0.1) is 0 Å². The van der Waals surface area contributed by atoms with Crippen molar-refractivity contribution in [3.8, 4) is 11.4 Å². The first-order chi connectivity index (χ1) is 17.0. The Bertz CT molecular complexity index is 1390. The molecule has 0 spiro atoms. The number of rotatable bonds is 5. The molecule has 1 aliphatic heterocycles. The molecule has 4 aromatic rings. The molecule has 2 aromatic carbocycles. The molecule has 7 nitrogen and oxygen atoms in total. The summed E-state index contributed by atoms with van der Waals surface area (Å²) >= 11 is 12.0. The Labute approximate surface area is 212 Å². The minimum absolute atomic E-state index is 0.0609. The van der Waals surface area contributed by atoms with E-state index >= 15 is 0 Å². The fourth-order valence-corrected chi connectivity index (χ4v) is 4.86. The van der Waals surface area contributed by atoms with E-state index in [0.717, 1.165) is 17.1 Å². The molecule has 2 aromatic heterocycles. The molecule has 0 bridgehead atoms. The van der Waals surface area contributed by atoms with Crippen molar-refractivity contribution in [1.29, 1.82) is 0 Å². The van der Waals surface area contributed by atoms with E-state index in [1.165, 1.54) is 7.11 Å². The lowest BCUT2D eigenvalue weighted by molar-refractivity contribution is 0.0600. The standard InChI is InChI=1S/C26H21ClN4O3S/c1-34-25(33)16-7-10-18(11-8-16)30-14-4-6-20(30)24-23(19-5-2-3-13-28-19)29-26(35)31(24)21-15-17(27)9-12-22(21)32/h2-15,23-24,32H,1H3,(H,29,35)/t23-,24+/m1/s1. The van der Waals surface area contributed by atoms with Crippen LogP contribution in [0, 0.1) is 0 Å². The first kappa shape index (κ1) is 22.9. The van der Waals surface area contributed by atoms with Gasteiger partial charge in [-0.2, -0.15) is 0 Å². The summed E-state index contributed by atoms with van der Waals surface area (Å²) in [4.78, 5) is 18.3. The van der Waals surface area contributed by atoms with Crippen LogP contribution in [0.25, 0.3) is 5.69 Å². The summed E-state index contributed by atoms with van der Waals surface area (Å²) in [6.07, 6.45) is 3.68. The Kier molecular flexibility index (Phi) is 6.15. The second kappa shape index (κ2) is 9.40. The summed E-state index contributed by atoms with van der Waals surface area (Å²) in [5.41, 5.74) is 3.51. The highest BCUT2D eigenvalue weighted by Gasteiger charge is 2.43. The fourth-order valence-electron chi connectivity index (χ4n) is 4.35. The Hall–Kier alpha value is -3.88. The number of pyridine rings is 1. The molecule has 1 fully saturated rings. The van der Waals surface area contributed by atoms with Gasteiger partial charge in [0.15, 0.2) is 5.11 Å². The first-order valence-electron chi connectivity index (χ1n) is 10.8. The minimum Gasteiger partial charge on any atom is -0.506 e. The number of carbonyl (C=O) groups excluding carboxylic acids is 1. The predicted octanol–water partition coefficient (Wildman–Crippen LogP) is 5.20. The average molecular weight is 505 g/mol.